The Hall–Kier alpha value is -1.84. The Morgan fingerprint density at radius 2 is 1.78 bits per heavy atom. The molecular weight excluding hydrogens is 308 g/mol. The molecule has 2 aromatic carbocycles. The first-order chi connectivity index (χ1) is 11.2. The van der Waals surface area contributed by atoms with E-state index in [1.165, 1.54) is 5.56 Å². The number of nitrogens with zero attached hydrogens (tertiary/aromatic N) is 1. The smallest absolute Gasteiger partial charge is 0.124 e. The van der Waals surface area contributed by atoms with Gasteiger partial charge in [0, 0.05) is 35.2 Å². The van der Waals surface area contributed by atoms with Crippen molar-refractivity contribution in [3.63, 3.8) is 0 Å². The average molecular weight is 330 g/mol. The van der Waals surface area contributed by atoms with Crippen LogP contribution in [-0.4, -0.2) is 30.5 Å². The number of halogens is 1. The summed E-state index contributed by atoms with van der Waals surface area (Å²) in [7, 11) is 0. The van der Waals surface area contributed by atoms with E-state index in [0.29, 0.717) is 11.8 Å². The zero-order valence-corrected chi connectivity index (χ0v) is 13.8. The summed E-state index contributed by atoms with van der Waals surface area (Å²) < 4.78 is 0. The van der Waals surface area contributed by atoms with E-state index in [1.54, 1.807) is 11.0 Å². The van der Waals surface area contributed by atoms with Crippen LogP contribution in [0.15, 0.2) is 53.5 Å². The number of phenolic OH excluding ortho intramolecular Hbond substituents is 1. The van der Waals surface area contributed by atoms with Crippen molar-refractivity contribution in [2.45, 2.75) is 25.4 Å². The molecule has 2 N–H and O–H groups in total. The van der Waals surface area contributed by atoms with Gasteiger partial charge in [-0.05, 0) is 24.3 Å². The minimum Gasteiger partial charge on any atom is -0.507 e. The number of hydrogen-bond acceptors (Lipinski definition) is 2. The summed E-state index contributed by atoms with van der Waals surface area (Å²) in [5.41, 5.74) is 2.13. The number of aromatic hydroxyl groups is 1. The van der Waals surface area contributed by atoms with Crippen LogP contribution < -0.4 is 4.90 Å². The Bertz CT molecular complexity index is 661. The first kappa shape index (κ1) is 16.0. The molecule has 0 atom stereocenters. The maximum absolute atomic E-state index is 9.76. The molecule has 0 aromatic heterocycles. The number of quaternary nitrogens is 1. The Kier molecular flexibility index (Phi) is 5.31. The van der Waals surface area contributed by atoms with Gasteiger partial charge >= 0.3 is 0 Å². The molecule has 3 nitrogen and oxygen atoms in total. The molecule has 1 aliphatic rings. The Balaban J connectivity index is 1.50. The standard InChI is InChI=1S/C19H21ClN2O/c20-17-7-5-15(6-8-17)14-22-11-9-18(10-12-22)21-13-16-3-1-2-4-19(16)23/h1-8,13,18,23H,9-12,14H2/p+1. The Labute approximate surface area is 142 Å². The second-order valence-electron chi connectivity index (χ2n) is 6.12. The lowest BCUT2D eigenvalue weighted by molar-refractivity contribution is -0.918. The van der Waals surface area contributed by atoms with Crippen LogP contribution in [0.4, 0.5) is 0 Å². The number of phenols is 1. The third-order valence-corrected chi connectivity index (χ3v) is 4.64. The minimum atomic E-state index is 0.294. The van der Waals surface area contributed by atoms with Gasteiger partial charge in [-0.15, -0.1) is 0 Å². The third-order valence-electron chi connectivity index (χ3n) is 4.39. The maximum atomic E-state index is 9.76. The minimum absolute atomic E-state index is 0.294. The van der Waals surface area contributed by atoms with Crippen molar-refractivity contribution >= 4 is 17.8 Å². The van der Waals surface area contributed by atoms with Gasteiger partial charge in [0.05, 0.1) is 19.1 Å². The highest BCUT2D eigenvalue weighted by atomic mass is 35.5. The van der Waals surface area contributed by atoms with Crippen LogP contribution in [0.25, 0.3) is 0 Å². The second-order valence-corrected chi connectivity index (χ2v) is 6.56. The van der Waals surface area contributed by atoms with Crippen molar-refractivity contribution in [2.24, 2.45) is 4.99 Å². The highest BCUT2D eigenvalue weighted by molar-refractivity contribution is 6.30. The van der Waals surface area contributed by atoms with E-state index in [0.717, 1.165) is 43.1 Å². The molecule has 1 heterocycles. The van der Waals surface area contributed by atoms with Crippen LogP contribution in [0.2, 0.25) is 5.02 Å². The zero-order chi connectivity index (χ0) is 16.1. The molecule has 23 heavy (non-hydrogen) atoms. The first-order valence-corrected chi connectivity index (χ1v) is 8.48. The summed E-state index contributed by atoms with van der Waals surface area (Å²) in [5.74, 6) is 0.294. The third kappa shape index (κ3) is 4.57. The number of piperidine rings is 1. The van der Waals surface area contributed by atoms with Gasteiger partial charge in [0.2, 0.25) is 0 Å². The Morgan fingerprint density at radius 1 is 1.09 bits per heavy atom. The number of hydrogen-bond donors (Lipinski definition) is 2. The fourth-order valence-corrected chi connectivity index (χ4v) is 3.14. The molecular formula is C19H22ClN2O+. The number of benzene rings is 2. The fourth-order valence-electron chi connectivity index (χ4n) is 3.01. The molecule has 1 aliphatic heterocycles. The summed E-state index contributed by atoms with van der Waals surface area (Å²) in [6.07, 6.45) is 3.99. The van der Waals surface area contributed by atoms with Crippen molar-refractivity contribution < 1.29 is 10.0 Å². The molecule has 1 fully saturated rings. The van der Waals surface area contributed by atoms with Crippen molar-refractivity contribution in [1.29, 1.82) is 0 Å². The molecule has 4 heteroatoms. The second kappa shape index (κ2) is 7.62. The Morgan fingerprint density at radius 3 is 2.48 bits per heavy atom. The molecule has 0 aliphatic carbocycles. The number of likely N-dealkylation sites (tertiary alicyclic amines) is 1. The summed E-state index contributed by atoms with van der Waals surface area (Å²) >= 11 is 5.93. The monoisotopic (exact) mass is 329 g/mol. The van der Waals surface area contributed by atoms with E-state index < -0.39 is 0 Å². The molecule has 3 rings (SSSR count). The molecule has 2 aromatic rings. The normalized spacial score (nSPS) is 21.6. The van der Waals surface area contributed by atoms with Crippen molar-refractivity contribution in [3.8, 4) is 5.75 Å². The van der Waals surface area contributed by atoms with Gasteiger partial charge < -0.3 is 10.0 Å². The van der Waals surface area contributed by atoms with Crippen LogP contribution >= 0.6 is 11.6 Å². The van der Waals surface area contributed by atoms with E-state index >= 15 is 0 Å². The van der Waals surface area contributed by atoms with E-state index in [-0.39, 0.29) is 0 Å². The SMILES string of the molecule is Oc1ccccc1C=NC1CC[NH+](Cc2ccc(Cl)cc2)CC1. The highest BCUT2D eigenvalue weighted by Gasteiger charge is 2.21. The quantitative estimate of drug-likeness (QED) is 0.831. The number of para-hydroxylation sites is 1. The summed E-state index contributed by atoms with van der Waals surface area (Å²) in [6, 6.07) is 15.8. The average Bonchev–Trinajstić information content (AvgIpc) is 2.58. The molecule has 0 unspecified atom stereocenters. The number of rotatable bonds is 4. The molecule has 0 bridgehead atoms. The summed E-state index contributed by atoms with van der Waals surface area (Å²) in [4.78, 5) is 6.25. The lowest BCUT2D eigenvalue weighted by Gasteiger charge is -2.27. The van der Waals surface area contributed by atoms with Crippen LogP contribution in [0.1, 0.15) is 24.0 Å². The van der Waals surface area contributed by atoms with Gasteiger partial charge in [0.15, 0.2) is 0 Å². The number of nitrogens with one attached hydrogen (secondary N) is 1. The van der Waals surface area contributed by atoms with Gasteiger partial charge in [-0.1, -0.05) is 35.9 Å². The summed E-state index contributed by atoms with van der Waals surface area (Å²) in [6.45, 7) is 3.31. The van der Waals surface area contributed by atoms with Gasteiger partial charge in [0.25, 0.3) is 0 Å². The van der Waals surface area contributed by atoms with Gasteiger partial charge in [-0.3, -0.25) is 4.99 Å². The topological polar surface area (TPSA) is 37.0 Å². The van der Waals surface area contributed by atoms with Gasteiger partial charge in [0.1, 0.15) is 12.3 Å². The molecule has 0 saturated carbocycles. The fraction of sp³-hybridized carbons (Fsp3) is 0.316. The van der Waals surface area contributed by atoms with Crippen LogP contribution in [0.5, 0.6) is 5.75 Å². The van der Waals surface area contributed by atoms with E-state index in [1.807, 2.05) is 36.5 Å². The van der Waals surface area contributed by atoms with E-state index in [2.05, 4.69) is 17.1 Å². The van der Waals surface area contributed by atoms with Crippen LogP contribution in [-0.2, 0) is 6.54 Å². The van der Waals surface area contributed by atoms with Crippen LogP contribution in [0.3, 0.4) is 0 Å². The van der Waals surface area contributed by atoms with Crippen molar-refractivity contribution in [1.82, 2.24) is 0 Å². The lowest BCUT2D eigenvalue weighted by Crippen LogP contribution is -3.12. The van der Waals surface area contributed by atoms with E-state index in [4.69, 9.17) is 11.6 Å². The largest absolute Gasteiger partial charge is 0.507 e. The lowest BCUT2D eigenvalue weighted by atomic mass is 10.0. The first-order valence-electron chi connectivity index (χ1n) is 8.10. The summed E-state index contributed by atoms with van der Waals surface area (Å²) in [5, 5.41) is 10.6. The van der Waals surface area contributed by atoms with Crippen molar-refractivity contribution in [3.05, 3.63) is 64.7 Å². The predicted molar refractivity (Wildman–Crippen MR) is 94.6 cm³/mol. The molecule has 120 valence electrons. The molecule has 0 spiro atoms. The van der Waals surface area contributed by atoms with Gasteiger partial charge in [-0.25, -0.2) is 0 Å². The molecule has 0 amide bonds. The highest BCUT2D eigenvalue weighted by Crippen LogP contribution is 2.14. The maximum Gasteiger partial charge on any atom is 0.124 e. The number of aliphatic imine (C=N–C) groups is 1. The zero-order valence-electron chi connectivity index (χ0n) is 13.1. The van der Waals surface area contributed by atoms with Crippen LogP contribution in [0, 0.1) is 0 Å². The van der Waals surface area contributed by atoms with Gasteiger partial charge in [-0.2, -0.15) is 0 Å². The van der Waals surface area contributed by atoms with E-state index in [9.17, 15) is 5.11 Å². The predicted octanol–water partition coefficient (Wildman–Crippen LogP) is 2.71. The van der Waals surface area contributed by atoms with Crippen molar-refractivity contribution in [2.75, 3.05) is 13.1 Å². The molecule has 0 radical (unpaired) electrons. The molecule has 1 saturated heterocycles.